The maximum Gasteiger partial charge on any atom is 0.273 e. The summed E-state index contributed by atoms with van der Waals surface area (Å²) in [6.45, 7) is 1.89. The van der Waals surface area contributed by atoms with Crippen LogP contribution in [0.5, 0.6) is 0 Å². The van der Waals surface area contributed by atoms with E-state index in [4.69, 9.17) is 4.74 Å². The van der Waals surface area contributed by atoms with Crippen LogP contribution >= 0.6 is 11.3 Å². The third-order valence-corrected chi connectivity index (χ3v) is 6.08. The van der Waals surface area contributed by atoms with Crippen molar-refractivity contribution < 1.29 is 17.9 Å². The van der Waals surface area contributed by atoms with Crippen molar-refractivity contribution in [3.63, 3.8) is 0 Å². The number of nitrogens with zero attached hydrogens (tertiary/aromatic N) is 3. The molecule has 0 aliphatic carbocycles. The molecular weight excluding hydrogens is 326 g/mol. The Morgan fingerprint density at radius 3 is 2.82 bits per heavy atom. The highest BCUT2D eigenvalue weighted by Crippen LogP contribution is 2.26. The van der Waals surface area contributed by atoms with Crippen LogP contribution in [0.3, 0.4) is 0 Å². The Morgan fingerprint density at radius 2 is 2.14 bits per heavy atom. The van der Waals surface area contributed by atoms with Crippen molar-refractivity contribution in [2.45, 2.75) is 25.0 Å². The molecule has 0 radical (unpaired) electrons. The van der Waals surface area contributed by atoms with Gasteiger partial charge in [-0.25, -0.2) is 13.4 Å². The molecule has 2 aliphatic rings. The SMILES string of the molecule is CS(=O)(=O)N1CCOC2CCN(C(=O)c3cscn3)CCC21. The minimum atomic E-state index is -3.25. The van der Waals surface area contributed by atoms with Crippen LogP contribution in [-0.4, -0.2) is 73.2 Å². The van der Waals surface area contributed by atoms with Crippen molar-refractivity contribution in [2.24, 2.45) is 0 Å². The molecule has 3 heterocycles. The third-order valence-electron chi connectivity index (χ3n) is 4.19. The highest BCUT2D eigenvalue weighted by molar-refractivity contribution is 7.88. The first-order valence-electron chi connectivity index (χ1n) is 7.22. The summed E-state index contributed by atoms with van der Waals surface area (Å²) in [4.78, 5) is 18.2. The Morgan fingerprint density at radius 1 is 1.36 bits per heavy atom. The molecule has 0 N–H and O–H groups in total. The summed E-state index contributed by atoms with van der Waals surface area (Å²) in [6.07, 6.45) is 2.33. The van der Waals surface area contributed by atoms with Crippen LogP contribution in [0.4, 0.5) is 0 Å². The Hall–Kier alpha value is -1.03. The van der Waals surface area contributed by atoms with E-state index in [-0.39, 0.29) is 18.1 Å². The smallest absolute Gasteiger partial charge is 0.273 e. The average molecular weight is 345 g/mol. The van der Waals surface area contributed by atoms with Gasteiger partial charge in [-0.1, -0.05) is 0 Å². The van der Waals surface area contributed by atoms with Gasteiger partial charge in [0.25, 0.3) is 5.91 Å². The van der Waals surface area contributed by atoms with E-state index in [1.54, 1.807) is 15.8 Å². The van der Waals surface area contributed by atoms with Crippen LogP contribution < -0.4 is 0 Å². The lowest BCUT2D eigenvalue weighted by molar-refractivity contribution is -0.0406. The number of rotatable bonds is 2. The van der Waals surface area contributed by atoms with Gasteiger partial charge in [-0.15, -0.1) is 11.3 Å². The average Bonchev–Trinajstić information content (AvgIpc) is 2.92. The lowest BCUT2D eigenvalue weighted by Crippen LogP contribution is -2.53. The molecule has 122 valence electrons. The molecule has 0 aromatic carbocycles. The highest BCUT2D eigenvalue weighted by Gasteiger charge is 2.39. The summed E-state index contributed by atoms with van der Waals surface area (Å²) < 4.78 is 31.1. The number of aromatic nitrogens is 1. The number of hydrogen-bond donors (Lipinski definition) is 0. The van der Waals surface area contributed by atoms with Gasteiger partial charge in [-0.3, -0.25) is 4.79 Å². The summed E-state index contributed by atoms with van der Waals surface area (Å²) in [5, 5.41) is 1.74. The molecule has 0 saturated carbocycles. The van der Waals surface area contributed by atoms with Crippen LogP contribution in [0.25, 0.3) is 0 Å². The molecule has 0 bridgehead atoms. The Balaban J connectivity index is 1.75. The number of carbonyl (C=O) groups is 1. The fourth-order valence-electron chi connectivity index (χ4n) is 3.14. The number of fused-ring (bicyclic) bond motifs is 1. The first kappa shape index (κ1) is 15.9. The summed E-state index contributed by atoms with van der Waals surface area (Å²) in [6, 6.07) is -0.183. The first-order valence-corrected chi connectivity index (χ1v) is 10.0. The number of carbonyl (C=O) groups excluding carboxylic acids is 1. The summed E-state index contributed by atoms with van der Waals surface area (Å²) in [5.41, 5.74) is 2.09. The summed E-state index contributed by atoms with van der Waals surface area (Å²) >= 11 is 1.39. The number of sulfonamides is 1. The third kappa shape index (κ3) is 3.17. The van der Waals surface area contributed by atoms with Gasteiger partial charge >= 0.3 is 0 Å². The predicted octanol–water partition coefficient (Wildman–Crippen LogP) is 0.408. The number of ether oxygens (including phenoxy) is 1. The standard InChI is InChI=1S/C13H19N3O4S2/c1-22(18,19)16-6-7-20-12-3-5-15(4-2-11(12)16)13(17)10-8-21-9-14-10/h8-9,11-12H,2-7H2,1H3. The molecule has 7 nitrogen and oxygen atoms in total. The van der Waals surface area contributed by atoms with E-state index in [1.807, 2.05) is 0 Å². The molecule has 2 fully saturated rings. The van der Waals surface area contributed by atoms with Crippen molar-refractivity contribution in [2.75, 3.05) is 32.5 Å². The summed E-state index contributed by atoms with van der Waals surface area (Å²) in [5.74, 6) is -0.0918. The van der Waals surface area contributed by atoms with E-state index >= 15 is 0 Å². The predicted molar refractivity (Wildman–Crippen MR) is 82.3 cm³/mol. The fourth-order valence-corrected chi connectivity index (χ4v) is 4.81. The van der Waals surface area contributed by atoms with E-state index < -0.39 is 10.0 Å². The van der Waals surface area contributed by atoms with Crippen LogP contribution in [0.2, 0.25) is 0 Å². The highest BCUT2D eigenvalue weighted by atomic mass is 32.2. The van der Waals surface area contributed by atoms with E-state index in [0.717, 1.165) is 0 Å². The molecule has 1 amide bonds. The lowest BCUT2D eigenvalue weighted by atomic mass is 10.0. The second kappa shape index (κ2) is 6.23. The Kier molecular flexibility index (Phi) is 4.49. The van der Waals surface area contributed by atoms with Gasteiger partial charge < -0.3 is 9.64 Å². The van der Waals surface area contributed by atoms with Crippen molar-refractivity contribution >= 4 is 27.3 Å². The molecule has 22 heavy (non-hydrogen) atoms. The molecule has 9 heteroatoms. The Bertz CT molecular complexity index is 632. The van der Waals surface area contributed by atoms with E-state index in [0.29, 0.717) is 44.8 Å². The quantitative estimate of drug-likeness (QED) is 0.775. The summed E-state index contributed by atoms with van der Waals surface area (Å²) in [7, 11) is -3.25. The zero-order valence-corrected chi connectivity index (χ0v) is 14.0. The normalized spacial score (nSPS) is 27.2. The van der Waals surface area contributed by atoms with Crippen LogP contribution in [0.1, 0.15) is 23.3 Å². The molecule has 3 rings (SSSR count). The zero-order chi connectivity index (χ0) is 15.7. The van der Waals surface area contributed by atoms with Crippen LogP contribution in [-0.2, 0) is 14.8 Å². The van der Waals surface area contributed by atoms with Crippen molar-refractivity contribution in [1.82, 2.24) is 14.2 Å². The second-order valence-electron chi connectivity index (χ2n) is 5.59. The van der Waals surface area contributed by atoms with Gasteiger partial charge in [0.15, 0.2) is 0 Å². The molecule has 2 aliphatic heterocycles. The largest absolute Gasteiger partial charge is 0.375 e. The topological polar surface area (TPSA) is 79.8 Å². The van der Waals surface area contributed by atoms with Gasteiger partial charge in [0.1, 0.15) is 5.69 Å². The van der Waals surface area contributed by atoms with Gasteiger partial charge in [0.05, 0.1) is 30.5 Å². The van der Waals surface area contributed by atoms with Gasteiger partial charge in [0, 0.05) is 25.0 Å². The van der Waals surface area contributed by atoms with E-state index in [9.17, 15) is 13.2 Å². The number of thiazole rings is 1. The molecule has 2 unspecified atom stereocenters. The zero-order valence-electron chi connectivity index (χ0n) is 12.3. The molecule has 2 atom stereocenters. The number of likely N-dealkylation sites (tertiary alicyclic amines) is 1. The Labute approximate surface area is 133 Å². The second-order valence-corrected chi connectivity index (χ2v) is 8.25. The van der Waals surface area contributed by atoms with Crippen molar-refractivity contribution in [3.05, 3.63) is 16.6 Å². The monoisotopic (exact) mass is 345 g/mol. The van der Waals surface area contributed by atoms with Gasteiger partial charge in [0.2, 0.25) is 10.0 Å². The van der Waals surface area contributed by atoms with Gasteiger partial charge in [-0.05, 0) is 12.8 Å². The molecule has 1 aromatic rings. The number of morpholine rings is 1. The van der Waals surface area contributed by atoms with Crippen LogP contribution in [0, 0.1) is 0 Å². The maximum atomic E-state index is 12.4. The lowest BCUT2D eigenvalue weighted by Gasteiger charge is -2.38. The maximum absolute atomic E-state index is 12.4. The van der Waals surface area contributed by atoms with Crippen LogP contribution in [0.15, 0.2) is 10.9 Å². The number of amides is 1. The van der Waals surface area contributed by atoms with Crippen molar-refractivity contribution in [3.8, 4) is 0 Å². The fraction of sp³-hybridized carbons (Fsp3) is 0.692. The number of hydrogen-bond acceptors (Lipinski definition) is 6. The minimum absolute atomic E-state index is 0.0918. The minimum Gasteiger partial charge on any atom is -0.375 e. The first-order chi connectivity index (χ1) is 10.5. The van der Waals surface area contributed by atoms with Crippen molar-refractivity contribution in [1.29, 1.82) is 0 Å². The molecule has 1 aromatic heterocycles. The van der Waals surface area contributed by atoms with E-state index in [1.165, 1.54) is 21.9 Å². The van der Waals surface area contributed by atoms with E-state index in [2.05, 4.69) is 4.98 Å². The molecule has 2 saturated heterocycles. The molecular formula is C13H19N3O4S2. The molecule has 0 spiro atoms. The van der Waals surface area contributed by atoms with Gasteiger partial charge in [-0.2, -0.15) is 4.31 Å².